The van der Waals surface area contributed by atoms with Gasteiger partial charge in [0.05, 0.1) is 12.2 Å². The highest BCUT2D eigenvalue weighted by Crippen LogP contribution is 2.30. The van der Waals surface area contributed by atoms with Gasteiger partial charge in [0, 0.05) is 37.9 Å². The van der Waals surface area contributed by atoms with Gasteiger partial charge in [-0.15, -0.1) is 10.2 Å². The maximum atomic E-state index is 4.52. The van der Waals surface area contributed by atoms with Crippen LogP contribution in [0.3, 0.4) is 0 Å². The summed E-state index contributed by atoms with van der Waals surface area (Å²) in [7, 11) is 4.13. The molecule has 0 saturated carbocycles. The van der Waals surface area contributed by atoms with E-state index in [9.17, 15) is 0 Å². The van der Waals surface area contributed by atoms with E-state index in [4.69, 9.17) is 0 Å². The second-order valence-corrected chi connectivity index (χ2v) is 6.68. The van der Waals surface area contributed by atoms with E-state index in [-0.39, 0.29) is 0 Å². The number of hydrogen-bond acceptors (Lipinski definition) is 6. The lowest BCUT2D eigenvalue weighted by Crippen LogP contribution is -2.35. The van der Waals surface area contributed by atoms with Crippen molar-refractivity contribution in [1.82, 2.24) is 29.6 Å². The van der Waals surface area contributed by atoms with Crippen LogP contribution in [0.25, 0.3) is 0 Å². The Kier molecular flexibility index (Phi) is 5.08. The quantitative estimate of drug-likeness (QED) is 0.834. The zero-order chi connectivity index (χ0) is 17.1. The molecule has 0 spiro atoms. The fraction of sp³-hybridized carbons (Fsp3) is 0.647. The van der Waals surface area contributed by atoms with Crippen molar-refractivity contribution < 1.29 is 0 Å². The van der Waals surface area contributed by atoms with Gasteiger partial charge in [0.2, 0.25) is 0 Å². The van der Waals surface area contributed by atoms with Crippen LogP contribution in [0.5, 0.6) is 0 Å². The Morgan fingerprint density at radius 2 is 1.83 bits per heavy atom. The molecule has 0 N–H and O–H groups in total. The molecule has 0 amide bonds. The Morgan fingerprint density at radius 1 is 1.12 bits per heavy atom. The third kappa shape index (κ3) is 3.40. The van der Waals surface area contributed by atoms with Crippen LogP contribution < -0.4 is 4.90 Å². The van der Waals surface area contributed by atoms with Gasteiger partial charge in [-0.2, -0.15) is 0 Å². The third-order valence-electron chi connectivity index (χ3n) is 4.64. The number of aromatic nitrogens is 5. The van der Waals surface area contributed by atoms with Crippen LogP contribution in [-0.4, -0.2) is 56.8 Å². The van der Waals surface area contributed by atoms with Crippen molar-refractivity contribution in [3.05, 3.63) is 29.7 Å². The van der Waals surface area contributed by atoms with E-state index in [0.29, 0.717) is 5.92 Å². The molecule has 1 saturated heterocycles. The third-order valence-corrected chi connectivity index (χ3v) is 4.64. The molecule has 24 heavy (non-hydrogen) atoms. The van der Waals surface area contributed by atoms with Crippen molar-refractivity contribution in [3.8, 4) is 0 Å². The Labute approximate surface area is 143 Å². The molecule has 0 aliphatic carbocycles. The molecule has 0 aromatic carbocycles. The molecule has 7 nitrogen and oxygen atoms in total. The summed E-state index contributed by atoms with van der Waals surface area (Å²) < 4.78 is 2.29. The summed E-state index contributed by atoms with van der Waals surface area (Å²) in [5.41, 5.74) is 1.00. The summed E-state index contributed by atoms with van der Waals surface area (Å²) in [6.07, 6.45) is 5.68. The summed E-state index contributed by atoms with van der Waals surface area (Å²) >= 11 is 0. The molecule has 1 fully saturated rings. The number of anilines is 1. The summed E-state index contributed by atoms with van der Waals surface area (Å²) in [6, 6.07) is 0. The molecule has 1 aliphatic heterocycles. The highest BCUT2D eigenvalue weighted by molar-refractivity contribution is 5.42. The molecule has 0 unspecified atom stereocenters. The van der Waals surface area contributed by atoms with E-state index < -0.39 is 0 Å². The van der Waals surface area contributed by atoms with Crippen molar-refractivity contribution in [2.45, 2.75) is 45.7 Å². The first-order valence-corrected chi connectivity index (χ1v) is 8.69. The molecule has 0 radical (unpaired) electrons. The standard InChI is InChI=1S/C17H27N7/c1-5-24-15(12-22(3)4)20-21-17(24)14-6-10-23(11-7-14)16-13(2)18-8-9-19-16/h8-9,14H,5-7,10-12H2,1-4H3. The minimum absolute atomic E-state index is 0.474. The van der Waals surface area contributed by atoms with Gasteiger partial charge in [-0.25, -0.2) is 4.98 Å². The van der Waals surface area contributed by atoms with E-state index in [1.165, 1.54) is 0 Å². The fourth-order valence-electron chi connectivity index (χ4n) is 3.46. The highest BCUT2D eigenvalue weighted by atomic mass is 15.3. The van der Waals surface area contributed by atoms with Crippen LogP contribution in [0.2, 0.25) is 0 Å². The van der Waals surface area contributed by atoms with E-state index in [1.54, 1.807) is 12.4 Å². The lowest BCUT2D eigenvalue weighted by molar-refractivity contribution is 0.377. The van der Waals surface area contributed by atoms with Crippen LogP contribution in [-0.2, 0) is 13.1 Å². The molecule has 0 atom stereocenters. The zero-order valence-corrected chi connectivity index (χ0v) is 15.1. The number of hydrogen-bond donors (Lipinski definition) is 0. The fourth-order valence-corrected chi connectivity index (χ4v) is 3.46. The van der Waals surface area contributed by atoms with Crippen LogP contribution in [0.15, 0.2) is 12.4 Å². The Bertz CT molecular complexity index is 671. The zero-order valence-electron chi connectivity index (χ0n) is 15.1. The molecule has 3 heterocycles. The molecule has 130 valence electrons. The largest absolute Gasteiger partial charge is 0.355 e. The minimum Gasteiger partial charge on any atom is -0.355 e. The minimum atomic E-state index is 0.474. The first-order valence-electron chi connectivity index (χ1n) is 8.69. The number of nitrogens with zero attached hydrogens (tertiary/aromatic N) is 7. The van der Waals surface area contributed by atoms with Gasteiger partial charge in [0.15, 0.2) is 0 Å². The smallest absolute Gasteiger partial charge is 0.150 e. The first-order chi connectivity index (χ1) is 11.6. The van der Waals surface area contributed by atoms with E-state index in [2.05, 4.69) is 55.6 Å². The van der Waals surface area contributed by atoms with Gasteiger partial charge >= 0.3 is 0 Å². The molecule has 3 rings (SSSR count). The lowest BCUT2D eigenvalue weighted by Gasteiger charge is -2.33. The highest BCUT2D eigenvalue weighted by Gasteiger charge is 2.27. The molecule has 2 aromatic heterocycles. The topological polar surface area (TPSA) is 63.0 Å². The molecule has 2 aromatic rings. The maximum absolute atomic E-state index is 4.52. The molecule has 1 aliphatic rings. The Morgan fingerprint density at radius 3 is 2.46 bits per heavy atom. The predicted molar refractivity (Wildman–Crippen MR) is 94.0 cm³/mol. The monoisotopic (exact) mass is 329 g/mol. The van der Waals surface area contributed by atoms with Crippen LogP contribution in [0.4, 0.5) is 5.82 Å². The van der Waals surface area contributed by atoms with Crippen LogP contribution in [0, 0.1) is 6.92 Å². The first kappa shape index (κ1) is 16.8. The van der Waals surface area contributed by atoms with Gasteiger partial charge in [0.25, 0.3) is 0 Å². The average Bonchev–Trinajstić information content (AvgIpc) is 2.97. The van der Waals surface area contributed by atoms with Gasteiger partial charge in [-0.3, -0.25) is 4.98 Å². The van der Waals surface area contributed by atoms with Gasteiger partial charge in [-0.1, -0.05) is 0 Å². The van der Waals surface area contributed by atoms with E-state index >= 15 is 0 Å². The van der Waals surface area contributed by atoms with Gasteiger partial charge in [-0.05, 0) is 40.8 Å². The second kappa shape index (κ2) is 7.25. The van der Waals surface area contributed by atoms with E-state index in [1.807, 2.05) is 6.92 Å². The van der Waals surface area contributed by atoms with Gasteiger partial charge in [0.1, 0.15) is 17.5 Å². The van der Waals surface area contributed by atoms with Crippen molar-refractivity contribution in [1.29, 1.82) is 0 Å². The summed E-state index contributed by atoms with van der Waals surface area (Å²) in [5.74, 6) is 3.69. The van der Waals surface area contributed by atoms with Gasteiger partial charge < -0.3 is 14.4 Å². The van der Waals surface area contributed by atoms with Crippen LogP contribution in [0.1, 0.15) is 43.0 Å². The summed E-state index contributed by atoms with van der Waals surface area (Å²) in [5, 5.41) is 8.95. The Balaban J connectivity index is 1.71. The lowest BCUT2D eigenvalue weighted by atomic mass is 9.95. The normalized spacial score (nSPS) is 16.1. The van der Waals surface area contributed by atoms with Crippen molar-refractivity contribution >= 4 is 5.82 Å². The summed E-state index contributed by atoms with van der Waals surface area (Å²) in [4.78, 5) is 13.3. The van der Waals surface area contributed by atoms with Crippen molar-refractivity contribution in [3.63, 3.8) is 0 Å². The van der Waals surface area contributed by atoms with Crippen LogP contribution >= 0.6 is 0 Å². The maximum Gasteiger partial charge on any atom is 0.150 e. The molecular formula is C17H27N7. The van der Waals surface area contributed by atoms with Crippen molar-refractivity contribution in [2.75, 3.05) is 32.1 Å². The van der Waals surface area contributed by atoms with Crippen molar-refractivity contribution in [2.24, 2.45) is 0 Å². The molecular weight excluding hydrogens is 302 g/mol. The summed E-state index contributed by atoms with van der Waals surface area (Å²) in [6.45, 7) is 7.93. The predicted octanol–water partition coefficient (Wildman–Crippen LogP) is 1.84. The van der Waals surface area contributed by atoms with E-state index in [0.717, 1.165) is 62.2 Å². The molecule has 0 bridgehead atoms. The average molecular weight is 329 g/mol. The number of aryl methyl sites for hydroxylation is 1. The second-order valence-electron chi connectivity index (χ2n) is 6.68. The Hall–Kier alpha value is -2.02. The number of rotatable bonds is 5. The molecule has 7 heteroatoms. The SMILES string of the molecule is CCn1c(CN(C)C)nnc1C1CCN(c2nccnc2C)CC1. The number of piperidine rings is 1.